The van der Waals surface area contributed by atoms with Crippen molar-refractivity contribution in [2.24, 2.45) is 0 Å². The number of nitrogens with one attached hydrogen (secondary N) is 1. The predicted octanol–water partition coefficient (Wildman–Crippen LogP) is 3.47. The highest BCUT2D eigenvalue weighted by molar-refractivity contribution is 5.85. The molecule has 2 heterocycles. The Labute approximate surface area is 177 Å². The molecule has 1 aromatic carbocycles. The van der Waals surface area contributed by atoms with Crippen LogP contribution in [0.3, 0.4) is 0 Å². The molecule has 0 radical (unpaired) electrons. The SMILES string of the molecule is CNC(=O)CN(CCc1cccc(OCc2ccccn2)c1)Cc1ccco1.Cl. The minimum atomic E-state index is -0.0148. The lowest BCUT2D eigenvalue weighted by Gasteiger charge is -2.20. The number of hydrogen-bond donors (Lipinski definition) is 1. The van der Waals surface area contributed by atoms with Crippen LogP contribution in [0.1, 0.15) is 17.0 Å². The molecule has 1 N–H and O–H groups in total. The first-order valence-corrected chi connectivity index (χ1v) is 9.30. The van der Waals surface area contributed by atoms with E-state index in [0.29, 0.717) is 19.7 Å². The molecule has 0 saturated heterocycles. The summed E-state index contributed by atoms with van der Waals surface area (Å²) in [7, 11) is 1.65. The number of hydrogen-bond acceptors (Lipinski definition) is 5. The highest BCUT2D eigenvalue weighted by atomic mass is 35.5. The molecule has 0 fully saturated rings. The molecule has 0 bridgehead atoms. The van der Waals surface area contributed by atoms with Crippen LogP contribution in [0.2, 0.25) is 0 Å². The Balaban J connectivity index is 0.00000300. The first kappa shape index (κ1) is 22.5. The number of halogens is 1. The number of furan rings is 1. The van der Waals surface area contributed by atoms with Crippen LogP contribution >= 0.6 is 12.4 Å². The molecular weight excluding hydrogens is 390 g/mol. The zero-order valence-electron chi connectivity index (χ0n) is 16.4. The fraction of sp³-hybridized carbons (Fsp3) is 0.273. The molecule has 6 nitrogen and oxygen atoms in total. The van der Waals surface area contributed by atoms with Crippen molar-refractivity contribution in [1.82, 2.24) is 15.2 Å². The summed E-state index contributed by atoms with van der Waals surface area (Å²) >= 11 is 0. The van der Waals surface area contributed by atoms with Crippen LogP contribution in [0.5, 0.6) is 5.75 Å². The lowest BCUT2D eigenvalue weighted by atomic mass is 10.1. The van der Waals surface area contributed by atoms with Crippen LogP contribution < -0.4 is 10.1 Å². The molecule has 0 aliphatic heterocycles. The lowest BCUT2D eigenvalue weighted by molar-refractivity contribution is -0.121. The van der Waals surface area contributed by atoms with Crippen LogP contribution in [0.4, 0.5) is 0 Å². The first-order chi connectivity index (χ1) is 13.7. The molecular formula is C22H26ClN3O3. The Morgan fingerprint density at radius 1 is 1.17 bits per heavy atom. The predicted molar refractivity (Wildman–Crippen MR) is 114 cm³/mol. The quantitative estimate of drug-likeness (QED) is 0.549. The van der Waals surface area contributed by atoms with E-state index in [1.165, 1.54) is 0 Å². The van der Waals surface area contributed by atoms with Gasteiger partial charge in [-0.25, -0.2) is 0 Å². The molecule has 7 heteroatoms. The van der Waals surface area contributed by atoms with Gasteiger partial charge in [-0.1, -0.05) is 18.2 Å². The van der Waals surface area contributed by atoms with Gasteiger partial charge in [-0.2, -0.15) is 0 Å². The van der Waals surface area contributed by atoms with Gasteiger partial charge in [0, 0.05) is 19.8 Å². The van der Waals surface area contributed by atoms with E-state index in [9.17, 15) is 4.79 Å². The second kappa shape index (κ2) is 11.9. The summed E-state index contributed by atoms with van der Waals surface area (Å²) in [6, 6.07) is 17.6. The number of likely N-dealkylation sites (N-methyl/N-ethyl adjacent to an activating group) is 1. The fourth-order valence-corrected chi connectivity index (χ4v) is 2.84. The summed E-state index contributed by atoms with van der Waals surface area (Å²) in [5.74, 6) is 1.64. The number of nitrogens with zero attached hydrogens (tertiary/aromatic N) is 2. The molecule has 0 aliphatic carbocycles. The summed E-state index contributed by atoms with van der Waals surface area (Å²) < 4.78 is 11.3. The Kier molecular flexibility index (Phi) is 9.21. The Bertz CT molecular complexity index is 857. The maximum atomic E-state index is 11.8. The highest BCUT2D eigenvalue weighted by Crippen LogP contribution is 2.16. The number of ether oxygens (including phenoxy) is 1. The van der Waals surface area contributed by atoms with Crippen molar-refractivity contribution >= 4 is 18.3 Å². The number of carbonyl (C=O) groups is 1. The second-order valence-corrected chi connectivity index (χ2v) is 6.47. The van der Waals surface area contributed by atoms with Gasteiger partial charge in [0.1, 0.15) is 18.1 Å². The Hall–Kier alpha value is -2.83. The number of carbonyl (C=O) groups excluding carboxylic acids is 1. The van der Waals surface area contributed by atoms with Crippen LogP contribution in [0, 0.1) is 0 Å². The summed E-state index contributed by atoms with van der Waals surface area (Å²) in [5, 5.41) is 2.68. The van der Waals surface area contributed by atoms with Crippen molar-refractivity contribution in [3.05, 3.63) is 84.1 Å². The third-order valence-electron chi connectivity index (χ3n) is 4.33. The van der Waals surface area contributed by atoms with Crippen molar-refractivity contribution in [2.45, 2.75) is 19.6 Å². The van der Waals surface area contributed by atoms with Crippen molar-refractivity contribution in [3.63, 3.8) is 0 Å². The van der Waals surface area contributed by atoms with E-state index in [-0.39, 0.29) is 18.3 Å². The van der Waals surface area contributed by atoms with E-state index in [0.717, 1.165) is 35.7 Å². The number of amides is 1. The van der Waals surface area contributed by atoms with Gasteiger partial charge in [-0.05, 0) is 48.4 Å². The molecule has 0 saturated carbocycles. The molecule has 0 aliphatic rings. The van der Waals surface area contributed by atoms with Crippen molar-refractivity contribution in [2.75, 3.05) is 20.1 Å². The van der Waals surface area contributed by atoms with Gasteiger partial charge in [0.2, 0.25) is 5.91 Å². The summed E-state index contributed by atoms with van der Waals surface area (Å²) in [4.78, 5) is 18.2. The number of aromatic nitrogens is 1. The third-order valence-corrected chi connectivity index (χ3v) is 4.33. The normalized spacial score (nSPS) is 10.4. The summed E-state index contributed by atoms with van der Waals surface area (Å²) in [6.07, 6.45) is 4.21. The standard InChI is InChI=1S/C22H25N3O3.ClH/c1-23-22(26)16-25(15-21-9-5-13-27-21)12-10-18-6-4-8-20(14-18)28-17-19-7-2-3-11-24-19;/h2-9,11,13-14H,10,12,15-17H2,1H3,(H,23,26);1H. The van der Waals surface area contributed by atoms with Crippen molar-refractivity contribution in [3.8, 4) is 5.75 Å². The van der Waals surface area contributed by atoms with Gasteiger partial charge in [-0.15, -0.1) is 12.4 Å². The largest absolute Gasteiger partial charge is 0.487 e. The van der Waals surface area contributed by atoms with E-state index in [2.05, 4.69) is 21.3 Å². The van der Waals surface area contributed by atoms with Crippen molar-refractivity contribution < 1.29 is 13.9 Å². The minimum Gasteiger partial charge on any atom is -0.487 e. The summed E-state index contributed by atoms with van der Waals surface area (Å²) in [5.41, 5.74) is 2.04. The molecule has 0 atom stereocenters. The van der Waals surface area contributed by atoms with Crippen LogP contribution in [-0.2, 0) is 24.4 Å². The van der Waals surface area contributed by atoms with E-state index in [4.69, 9.17) is 9.15 Å². The van der Waals surface area contributed by atoms with Gasteiger partial charge in [0.15, 0.2) is 0 Å². The molecule has 154 valence electrons. The van der Waals surface area contributed by atoms with E-state index in [1.807, 2.05) is 48.5 Å². The van der Waals surface area contributed by atoms with Gasteiger partial charge in [0.05, 0.1) is 25.0 Å². The molecule has 2 aromatic heterocycles. The molecule has 0 unspecified atom stereocenters. The Morgan fingerprint density at radius 2 is 2.07 bits per heavy atom. The second-order valence-electron chi connectivity index (χ2n) is 6.47. The van der Waals surface area contributed by atoms with Gasteiger partial charge in [0.25, 0.3) is 0 Å². The molecule has 1 amide bonds. The minimum absolute atomic E-state index is 0. The number of benzene rings is 1. The molecule has 0 spiro atoms. The van der Waals surface area contributed by atoms with Crippen LogP contribution in [-0.4, -0.2) is 35.9 Å². The van der Waals surface area contributed by atoms with E-state index >= 15 is 0 Å². The Morgan fingerprint density at radius 3 is 2.79 bits per heavy atom. The van der Waals surface area contributed by atoms with Gasteiger partial charge >= 0.3 is 0 Å². The summed E-state index contributed by atoms with van der Waals surface area (Å²) in [6.45, 7) is 2.09. The topological polar surface area (TPSA) is 67.6 Å². The van der Waals surface area contributed by atoms with Crippen LogP contribution in [0.25, 0.3) is 0 Å². The molecule has 3 aromatic rings. The first-order valence-electron chi connectivity index (χ1n) is 9.30. The van der Waals surface area contributed by atoms with E-state index in [1.54, 1.807) is 19.5 Å². The van der Waals surface area contributed by atoms with Gasteiger partial charge in [-0.3, -0.25) is 14.7 Å². The maximum absolute atomic E-state index is 11.8. The lowest BCUT2D eigenvalue weighted by Crippen LogP contribution is -2.36. The average molecular weight is 416 g/mol. The third kappa shape index (κ3) is 7.60. The highest BCUT2D eigenvalue weighted by Gasteiger charge is 2.12. The molecule has 29 heavy (non-hydrogen) atoms. The number of rotatable bonds is 10. The zero-order valence-corrected chi connectivity index (χ0v) is 17.2. The van der Waals surface area contributed by atoms with Gasteiger partial charge < -0.3 is 14.5 Å². The monoisotopic (exact) mass is 415 g/mol. The van der Waals surface area contributed by atoms with Crippen LogP contribution in [0.15, 0.2) is 71.5 Å². The maximum Gasteiger partial charge on any atom is 0.233 e. The fourth-order valence-electron chi connectivity index (χ4n) is 2.84. The zero-order chi connectivity index (χ0) is 19.6. The van der Waals surface area contributed by atoms with Crippen molar-refractivity contribution in [1.29, 1.82) is 0 Å². The van der Waals surface area contributed by atoms with E-state index < -0.39 is 0 Å². The smallest absolute Gasteiger partial charge is 0.233 e. The number of pyridine rings is 1. The molecule has 3 rings (SSSR count). The average Bonchev–Trinajstić information content (AvgIpc) is 3.24.